The van der Waals surface area contributed by atoms with Gasteiger partial charge in [-0.15, -0.1) is 0 Å². The minimum absolute atomic E-state index is 0.0111. The van der Waals surface area contributed by atoms with Crippen molar-refractivity contribution in [3.05, 3.63) is 113 Å². The normalized spacial score (nSPS) is 11.1. The van der Waals surface area contributed by atoms with Crippen LogP contribution in [0.3, 0.4) is 0 Å². The van der Waals surface area contributed by atoms with Crippen molar-refractivity contribution in [2.24, 2.45) is 0 Å². The van der Waals surface area contributed by atoms with E-state index in [0.29, 0.717) is 0 Å². The van der Waals surface area contributed by atoms with E-state index in [1.807, 2.05) is 24.3 Å². The average Bonchev–Trinajstić information content (AvgIpc) is 3.41. The van der Waals surface area contributed by atoms with Crippen molar-refractivity contribution in [1.82, 2.24) is 14.9 Å². The van der Waals surface area contributed by atoms with Gasteiger partial charge >= 0.3 is 0 Å². The van der Waals surface area contributed by atoms with Crippen molar-refractivity contribution in [2.75, 3.05) is 10.8 Å². The van der Waals surface area contributed by atoms with E-state index in [1.165, 1.54) is 30.3 Å². The summed E-state index contributed by atoms with van der Waals surface area (Å²) in [7, 11) is -4.18. The summed E-state index contributed by atoms with van der Waals surface area (Å²) in [6.45, 7) is -0.424. The number of para-hydroxylation sites is 1. The lowest BCUT2D eigenvalue weighted by atomic mass is 10.1. The molecule has 0 aliphatic heterocycles. The van der Waals surface area contributed by atoms with E-state index >= 15 is 0 Å². The Kier molecular flexibility index (Phi) is 6.88. The average molecular weight is 492 g/mol. The number of nitro groups is 1. The van der Waals surface area contributed by atoms with Gasteiger partial charge < -0.3 is 9.88 Å². The third-order valence-corrected chi connectivity index (χ3v) is 6.99. The molecular weight excluding hydrogens is 470 g/mol. The van der Waals surface area contributed by atoms with Crippen molar-refractivity contribution in [1.29, 1.82) is 0 Å². The van der Waals surface area contributed by atoms with Crippen LogP contribution >= 0.6 is 0 Å². The number of imidazole rings is 1. The van der Waals surface area contributed by atoms with Crippen LogP contribution in [-0.4, -0.2) is 35.3 Å². The van der Waals surface area contributed by atoms with Gasteiger partial charge in [0.05, 0.1) is 27.5 Å². The molecule has 1 aromatic heterocycles. The quantitative estimate of drug-likeness (QED) is 0.283. The fraction of sp³-hybridized carbons (Fsp3) is 0.0833. The van der Waals surface area contributed by atoms with Crippen LogP contribution < -0.4 is 9.62 Å². The second kappa shape index (κ2) is 10.2. The van der Waals surface area contributed by atoms with E-state index in [4.69, 9.17) is 0 Å². The Labute approximate surface area is 201 Å². The highest BCUT2D eigenvalue weighted by Crippen LogP contribution is 2.27. The van der Waals surface area contributed by atoms with E-state index < -0.39 is 27.4 Å². The number of carbonyl (C=O) groups excluding carboxylic acids is 1. The largest absolute Gasteiger partial charge is 0.350 e. The standard InChI is InChI=1S/C24H21N5O5S/c30-24(26-16-19-7-4-5-12-23(19)27-14-13-25-18-27)17-28(20-8-6-9-21(15-20)29(31)32)35(33,34)22-10-2-1-3-11-22/h1-15,18H,16-17H2,(H,26,30). The number of nitrogens with one attached hydrogen (secondary N) is 1. The number of sulfonamides is 1. The number of non-ortho nitro benzene ring substituents is 1. The molecule has 0 unspecified atom stereocenters. The number of nitrogens with zero attached hydrogens (tertiary/aromatic N) is 4. The third kappa shape index (κ3) is 5.36. The van der Waals surface area contributed by atoms with Gasteiger partial charge in [-0.3, -0.25) is 19.2 Å². The van der Waals surface area contributed by atoms with Gasteiger partial charge in [0.25, 0.3) is 15.7 Å². The molecule has 0 saturated carbocycles. The molecule has 0 aliphatic rings. The molecule has 4 rings (SSSR count). The summed E-state index contributed by atoms with van der Waals surface area (Å²) in [5.74, 6) is -0.573. The second-order valence-corrected chi connectivity index (χ2v) is 9.34. The smallest absolute Gasteiger partial charge is 0.271 e. The number of amides is 1. The van der Waals surface area contributed by atoms with Gasteiger partial charge in [-0.25, -0.2) is 13.4 Å². The summed E-state index contributed by atoms with van der Waals surface area (Å²) in [5.41, 5.74) is 1.34. The van der Waals surface area contributed by atoms with Crippen molar-refractivity contribution in [3.8, 4) is 5.69 Å². The number of hydrogen-bond acceptors (Lipinski definition) is 6. The van der Waals surface area contributed by atoms with Crippen LogP contribution in [0.4, 0.5) is 11.4 Å². The highest BCUT2D eigenvalue weighted by atomic mass is 32.2. The molecule has 1 heterocycles. The van der Waals surface area contributed by atoms with Crippen molar-refractivity contribution in [3.63, 3.8) is 0 Å². The molecule has 0 bridgehead atoms. The van der Waals surface area contributed by atoms with Crippen LogP contribution in [-0.2, 0) is 21.4 Å². The minimum atomic E-state index is -4.18. The zero-order chi connectivity index (χ0) is 24.8. The zero-order valence-corrected chi connectivity index (χ0v) is 19.2. The summed E-state index contributed by atoms with van der Waals surface area (Å²) in [4.78, 5) is 27.6. The predicted octanol–water partition coefficient (Wildman–Crippen LogP) is 3.29. The fourth-order valence-electron chi connectivity index (χ4n) is 3.49. The number of nitro benzene ring substituents is 1. The summed E-state index contributed by atoms with van der Waals surface area (Å²) in [6, 6.07) is 20.2. The minimum Gasteiger partial charge on any atom is -0.350 e. The first-order valence-electron chi connectivity index (χ1n) is 10.5. The number of hydrogen-bond donors (Lipinski definition) is 1. The van der Waals surface area contributed by atoms with Crippen molar-refractivity contribution in [2.45, 2.75) is 11.4 Å². The maximum atomic E-state index is 13.4. The summed E-state index contributed by atoms with van der Waals surface area (Å²) >= 11 is 0. The van der Waals surface area contributed by atoms with Crippen molar-refractivity contribution >= 4 is 27.3 Å². The van der Waals surface area contributed by atoms with Crippen molar-refractivity contribution < 1.29 is 18.1 Å². The Balaban J connectivity index is 1.60. The van der Waals surface area contributed by atoms with Crippen LogP contribution in [0, 0.1) is 10.1 Å². The van der Waals surface area contributed by atoms with Gasteiger partial charge in [0.15, 0.2) is 0 Å². The molecular formula is C24H21N5O5S. The molecule has 1 N–H and O–H groups in total. The molecule has 0 saturated heterocycles. The Hall–Kier alpha value is -4.51. The molecule has 10 nitrogen and oxygen atoms in total. The first kappa shape index (κ1) is 23.6. The van der Waals surface area contributed by atoms with Crippen LogP contribution in [0.1, 0.15) is 5.56 Å². The third-order valence-electron chi connectivity index (χ3n) is 5.20. The number of aromatic nitrogens is 2. The molecule has 0 atom stereocenters. The zero-order valence-electron chi connectivity index (χ0n) is 18.4. The number of anilines is 1. The van der Waals surface area contributed by atoms with E-state index in [-0.39, 0.29) is 22.8 Å². The van der Waals surface area contributed by atoms with Gasteiger partial charge in [0, 0.05) is 31.1 Å². The molecule has 0 aliphatic carbocycles. The van der Waals surface area contributed by atoms with Gasteiger partial charge in [0.2, 0.25) is 5.91 Å². The molecule has 4 aromatic rings. The molecule has 0 fully saturated rings. The summed E-state index contributed by atoms with van der Waals surface area (Å²) in [5, 5.41) is 14.0. The fourth-order valence-corrected chi connectivity index (χ4v) is 4.92. The van der Waals surface area contributed by atoms with E-state index in [1.54, 1.807) is 41.5 Å². The lowest BCUT2D eigenvalue weighted by Crippen LogP contribution is -2.40. The molecule has 1 amide bonds. The van der Waals surface area contributed by atoms with E-state index in [9.17, 15) is 23.3 Å². The van der Waals surface area contributed by atoms with E-state index in [0.717, 1.165) is 21.6 Å². The van der Waals surface area contributed by atoms with E-state index in [2.05, 4.69) is 10.3 Å². The summed E-state index contributed by atoms with van der Waals surface area (Å²) in [6.07, 6.45) is 5.05. The topological polar surface area (TPSA) is 127 Å². The maximum absolute atomic E-state index is 13.4. The molecule has 0 spiro atoms. The molecule has 3 aromatic carbocycles. The summed E-state index contributed by atoms with van der Waals surface area (Å²) < 4.78 is 29.5. The van der Waals surface area contributed by atoms with Crippen LogP contribution in [0.2, 0.25) is 0 Å². The first-order chi connectivity index (χ1) is 16.9. The van der Waals surface area contributed by atoms with Gasteiger partial charge in [0.1, 0.15) is 6.54 Å². The molecule has 35 heavy (non-hydrogen) atoms. The number of rotatable bonds is 9. The Morgan fingerprint density at radius 2 is 1.77 bits per heavy atom. The second-order valence-electron chi connectivity index (χ2n) is 7.48. The molecule has 178 valence electrons. The lowest BCUT2D eigenvalue weighted by Gasteiger charge is -2.24. The SMILES string of the molecule is O=C(CN(c1cccc([N+](=O)[O-])c1)S(=O)(=O)c1ccccc1)NCc1ccccc1-n1ccnc1. The lowest BCUT2D eigenvalue weighted by molar-refractivity contribution is -0.384. The van der Waals surface area contributed by atoms with Gasteiger partial charge in [-0.05, 0) is 29.8 Å². The van der Waals surface area contributed by atoms with Gasteiger partial charge in [-0.2, -0.15) is 0 Å². The molecule has 0 radical (unpaired) electrons. The maximum Gasteiger partial charge on any atom is 0.271 e. The predicted molar refractivity (Wildman–Crippen MR) is 129 cm³/mol. The Morgan fingerprint density at radius 3 is 2.49 bits per heavy atom. The Bertz CT molecular complexity index is 1440. The van der Waals surface area contributed by atoms with Crippen LogP contribution in [0.25, 0.3) is 5.69 Å². The first-order valence-corrected chi connectivity index (χ1v) is 12.0. The van der Waals surface area contributed by atoms with Crippen LogP contribution in [0.5, 0.6) is 0 Å². The Morgan fingerprint density at radius 1 is 1.03 bits per heavy atom. The van der Waals surface area contributed by atoms with Crippen LogP contribution in [0.15, 0.2) is 102 Å². The highest BCUT2D eigenvalue weighted by Gasteiger charge is 2.28. The highest BCUT2D eigenvalue weighted by molar-refractivity contribution is 7.92. The number of benzene rings is 3. The number of carbonyl (C=O) groups is 1. The van der Waals surface area contributed by atoms with Gasteiger partial charge in [-0.1, -0.05) is 42.5 Å². The molecule has 11 heteroatoms. The monoisotopic (exact) mass is 491 g/mol.